The molecule has 0 aromatic rings. The highest BCUT2D eigenvalue weighted by molar-refractivity contribution is 5.89. The van der Waals surface area contributed by atoms with Crippen LogP contribution in [0.25, 0.3) is 0 Å². The van der Waals surface area contributed by atoms with Gasteiger partial charge in [0.15, 0.2) is 11.6 Å². The predicted octanol–water partition coefficient (Wildman–Crippen LogP) is 7.19. The fraction of sp³-hybridized carbons (Fsp3) is 0.750. The number of ether oxygens (including phenoxy) is 4. The van der Waals surface area contributed by atoms with Gasteiger partial charge in [0.05, 0.1) is 32.5 Å². The average molecular weight is 719 g/mol. The highest BCUT2D eigenvalue weighted by atomic mass is 16.7. The van der Waals surface area contributed by atoms with Crippen molar-refractivity contribution in [2.45, 2.75) is 123 Å². The Bertz CT molecular complexity index is 1540. The molecule has 2 heterocycles. The first-order valence-corrected chi connectivity index (χ1v) is 19.6. The van der Waals surface area contributed by atoms with E-state index in [0.29, 0.717) is 26.4 Å². The molecular formula is C44H62O8. The normalized spacial score (nSPS) is 45.4. The lowest BCUT2D eigenvalue weighted by Crippen LogP contribution is -2.62. The van der Waals surface area contributed by atoms with E-state index in [1.54, 1.807) is 19.1 Å². The SMILES string of the molecule is C#C[C@@]12CC[C@@H](C)C(C)(C(=O)C[C@](C)(C=C)C=O)C1C1(CC2)OCCO1.C=C[C@@]1(C)CC(=O)[C@]2(C)C(C)CC[C@]3(CCC4(OCCO4)C32)C(=C)[C@@H]1O. The van der Waals surface area contributed by atoms with Crippen molar-refractivity contribution in [2.24, 2.45) is 56.2 Å². The topological polar surface area (TPSA) is 108 Å². The quantitative estimate of drug-likeness (QED) is 0.175. The van der Waals surface area contributed by atoms with E-state index in [9.17, 15) is 19.5 Å². The number of carbonyl (C=O) groups is 3. The molecule has 2 aliphatic heterocycles. The van der Waals surface area contributed by atoms with Crippen LogP contribution in [0.5, 0.6) is 0 Å². The van der Waals surface area contributed by atoms with Gasteiger partial charge in [-0.3, -0.25) is 9.59 Å². The smallest absolute Gasteiger partial charge is 0.173 e. The standard InChI is InChI=1S/C22H32O4.C22H30O4/c1-6-19(4)13-16(23)20(5)14(2)7-8-21(15(3)17(19)24)9-10-22(18(20)21)25-11-12-26-22;1-6-19(4,15-23)14-17(24)20(5)16(3)8-9-21(7-2)10-11-22(18(20)21)25-12-13-26-22/h6,14,17-18,24H,1,3,7-13H2,2,4-5H3;2,6,15-16,18H,1,8-14H2,3-5H3/t14?,17-,18?,19-,20-,21-;16-,18?,19+,20?,21+/m01/s1. The predicted molar refractivity (Wildman–Crippen MR) is 198 cm³/mol. The number of aldehydes is 1. The largest absolute Gasteiger partial charge is 0.388 e. The number of rotatable bonds is 6. The Kier molecular flexibility index (Phi) is 9.91. The van der Waals surface area contributed by atoms with Crippen LogP contribution in [-0.4, -0.2) is 67.1 Å². The zero-order valence-corrected chi connectivity index (χ0v) is 32.5. The second-order valence-corrected chi connectivity index (χ2v) is 18.5. The molecule has 286 valence electrons. The number of aliphatic hydroxyl groups excluding tert-OH is 1. The molecule has 4 unspecified atom stereocenters. The molecule has 5 saturated carbocycles. The molecular weight excluding hydrogens is 656 g/mol. The van der Waals surface area contributed by atoms with E-state index in [1.165, 1.54) is 0 Å². The summed E-state index contributed by atoms with van der Waals surface area (Å²) in [7, 11) is 0. The van der Waals surface area contributed by atoms with Crippen molar-refractivity contribution in [3.63, 3.8) is 0 Å². The Morgan fingerprint density at radius 1 is 0.923 bits per heavy atom. The van der Waals surface area contributed by atoms with Gasteiger partial charge in [0.25, 0.3) is 0 Å². The molecule has 0 radical (unpaired) electrons. The minimum absolute atomic E-state index is 0.0594. The van der Waals surface area contributed by atoms with E-state index in [-0.39, 0.29) is 58.9 Å². The maximum absolute atomic E-state index is 13.7. The minimum Gasteiger partial charge on any atom is -0.388 e. The van der Waals surface area contributed by atoms with Crippen molar-refractivity contribution in [1.82, 2.24) is 0 Å². The minimum atomic E-state index is -0.862. The van der Waals surface area contributed by atoms with Gasteiger partial charge in [-0.1, -0.05) is 59.3 Å². The van der Waals surface area contributed by atoms with Crippen LogP contribution < -0.4 is 0 Å². The Hall–Kier alpha value is -2.41. The lowest BCUT2D eigenvalue weighted by atomic mass is 9.45. The van der Waals surface area contributed by atoms with Gasteiger partial charge in [0, 0.05) is 70.0 Å². The molecule has 8 nitrogen and oxygen atoms in total. The molecule has 2 bridgehead atoms. The number of hydrogen-bond donors (Lipinski definition) is 1. The summed E-state index contributed by atoms with van der Waals surface area (Å²) in [6, 6.07) is 0. The molecule has 0 aromatic carbocycles. The molecule has 7 aliphatic rings. The van der Waals surface area contributed by atoms with Gasteiger partial charge >= 0.3 is 0 Å². The summed E-state index contributed by atoms with van der Waals surface area (Å²) >= 11 is 0. The third kappa shape index (κ3) is 5.30. The molecule has 0 amide bonds. The molecule has 11 atom stereocenters. The van der Waals surface area contributed by atoms with Gasteiger partial charge in [-0.05, 0) is 62.9 Å². The van der Waals surface area contributed by atoms with Crippen molar-refractivity contribution in [2.75, 3.05) is 26.4 Å². The van der Waals surface area contributed by atoms with Crippen LogP contribution in [0.3, 0.4) is 0 Å². The fourth-order valence-electron chi connectivity index (χ4n) is 12.3. The van der Waals surface area contributed by atoms with E-state index in [0.717, 1.165) is 63.2 Å². The summed E-state index contributed by atoms with van der Waals surface area (Å²) in [4.78, 5) is 38.9. The van der Waals surface area contributed by atoms with Gasteiger partial charge in [-0.2, -0.15) is 0 Å². The summed E-state index contributed by atoms with van der Waals surface area (Å²) < 4.78 is 24.6. The number of aliphatic hydroxyl groups is 1. The van der Waals surface area contributed by atoms with Crippen LogP contribution in [0, 0.1) is 68.5 Å². The Balaban J connectivity index is 0.000000179. The Morgan fingerprint density at radius 3 is 2.02 bits per heavy atom. The second kappa shape index (κ2) is 13.1. The van der Waals surface area contributed by atoms with E-state index < -0.39 is 39.3 Å². The van der Waals surface area contributed by atoms with Crippen LogP contribution >= 0.6 is 0 Å². The van der Waals surface area contributed by atoms with E-state index in [2.05, 4.69) is 46.4 Å². The first kappa shape index (κ1) is 39.3. The fourth-order valence-corrected chi connectivity index (χ4v) is 12.3. The number of carbonyl (C=O) groups excluding carboxylic acids is 3. The summed E-state index contributed by atoms with van der Waals surface area (Å²) in [5.41, 5.74) is -2.63. The van der Waals surface area contributed by atoms with Crippen molar-refractivity contribution in [3.05, 3.63) is 37.5 Å². The van der Waals surface area contributed by atoms with Crippen molar-refractivity contribution in [3.8, 4) is 12.3 Å². The lowest BCUT2D eigenvalue weighted by Gasteiger charge is -2.59. The zero-order valence-electron chi connectivity index (χ0n) is 32.5. The maximum Gasteiger partial charge on any atom is 0.173 e. The zero-order chi connectivity index (χ0) is 38.2. The molecule has 52 heavy (non-hydrogen) atoms. The van der Waals surface area contributed by atoms with Gasteiger partial charge in [0.1, 0.15) is 17.9 Å². The first-order chi connectivity index (χ1) is 24.4. The molecule has 1 N–H and O–H groups in total. The van der Waals surface area contributed by atoms with Gasteiger partial charge < -0.3 is 28.8 Å². The van der Waals surface area contributed by atoms with Crippen LogP contribution in [0.2, 0.25) is 0 Å². The van der Waals surface area contributed by atoms with E-state index in [1.807, 2.05) is 13.8 Å². The number of terminal acetylenes is 1. The third-order valence-corrected chi connectivity index (χ3v) is 16.0. The van der Waals surface area contributed by atoms with E-state index in [4.69, 9.17) is 25.4 Å². The molecule has 5 aliphatic carbocycles. The number of fused-ring (bicyclic) bond motifs is 2. The number of ketones is 2. The van der Waals surface area contributed by atoms with Crippen LogP contribution in [0.4, 0.5) is 0 Å². The molecule has 7 fully saturated rings. The van der Waals surface area contributed by atoms with Crippen LogP contribution in [0.15, 0.2) is 37.5 Å². The summed E-state index contributed by atoms with van der Waals surface area (Å²) in [5.74, 6) is 1.95. The molecule has 0 aromatic heterocycles. The summed E-state index contributed by atoms with van der Waals surface area (Å²) in [6.07, 6.45) is 16.6. The summed E-state index contributed by atoms with van der Waals surface area (Å²) in [6.45, 7) is 26.4. The van der Waals surface area contributed by atoms with Crippen LogP contribution in [0.1, 0.15) is 106 Å². The highest BCUT2D eigenvalue weighted by Crippen LogP contribution is 2.72. The molecule has 2 spiro atoms. The maximum atomic E-state index is 13.7. The Labute approximate surface area is 311 Å². The monoisotopic (exact) mass is 718 g/mol. The number of Topliss-reactive ketones (excluding diaryl/α,β-unsaturated/α-hetero) is 2. The lowest BCUT2D eigenvalue weighted by molar-refractivity contribution is -0.238. The van der Waals surface area contributed by atoms with Gasteiger partial charge in [-0.25, -0.2) is 0 Å². The first-order valence-electron chi connectivity index (χ1n) is 19.6. The summed E-state index contributed by atoms with van der Waals surface area (Å²) in [5, 5.41) is 11.2. The second-order valence-electron chi connectivity index (χ2n) is 18.5. The third-order valence-electron chi connectivity index (χ3n) is 16.0. The molecule has 7 rings (SSSR count). The van der Waals surface area contributed by atoms with Crippen molar-refractivity contribution in [1.29, 1.82) is 0 Å². The molecule has 8 heteroatoms. The van der Waals surface area contributed by atoms with Crippen LogP contribution in [-0.2, 0) is 33.3 Å². The Morgan fingerprint density at radius 2 is 1.48 bits per heavy atom. The van der Waals surface area contributed by atoms with E-state index >= 15 is 0 Å². The number of hydrogen-bond acceptors (Lipinski definition) is 8. The molecule has 2 saturated heterocycles. The van der Waals surface area contributed by atoms with Crippen molar-refractivity contribution < 1.29 is 38.4 Å². The van der Waals surface area contributed by atoms with Gasteiger partial charge in [-0.15, -0.1) is 19.6 Å². The number of allylic oxidation sites excluding steroid dienone is 1. The average Bonchev–Trinajstić information content (AvgIpc) is 3.95. The highest BCUT2D eigenvalue weighted by Gasteiger charge is 2.73. The van der Waals surface area contributed by atoms with Crippen molar-refractivity contribution >= 4 is 17.9 Å². The van der Waals surface area contributed by atoms with Gasteiger partial charge in [0.2, 0.25) is 0 Å².